The Balaban J connectivity index is 1.30. The van der Waals surface area contributed by atoms with Crippen LogP contribution in [0.4, 0.5) is 4.79 Å². The number of urea groups is 1. The van der Waals surface area contributed by atoms with Crippen LogP contribution in [-0.4, -0.2) is 94.4 Å². The topological polar surface area (TPSA) is 107 Å². The standard InChI is InChI=1S/C21H37N3O6S/c1-2-8-27-10-12-29-14-15-30-13-11-28-9-7-22-19(25)6-4-3-5-18-20-17(16-31-18)23-21(26)24-20/h2,17-18,20H,1,3-16H2,(H,22,25)(H2,23,24,26)/t17-,18-,20-/m0/s1. The SMILES string of the molecule is C=CCOCCOCCOCCOCCNC(=O)CCCC[C@@H]1SC[C@@H]2NC(=O)N[C@@H]21. The fraction of sp³-hybridized carbons (Fsp3) is 0.810. The Bertz CT molecular complexity index is 539. The lowest BCUT2D eigenvalue weighted by atomic mass is 10.0. The van der Waals surface area contributed by atoms with E-state index in [0.29, 0.717) is 71.1 Å². The molecule has 2 rings (SSSR count). The fourth-order valence-corrected chi connectivity index (χ4v) is 5.00. The maximum Gasteiger partial charge on any atom is 0.315 e. The van der Waals surface area contributed by atoms with Crippen LogP contribution >= 0.6 is 11.8 Å². The van der Waals surface area contributed by atoms with Crippen LogP contribution in [0.5, 0.6) is 0 Å². The molecular formula is C21H37N3O6S. The summed E-state index contributed by atoms with van der Waals surface area (Å²) in [5.74, 6) is 1.03. The zero-order chi connectivity index (χ0) is 22.2. The summed E-state index contributed by atoms with van der Waals surface area (Å²) < 4.78 is 21.4. The van der Waals surface area contributed by atoms with Crippen LogP contribution in [0.1, 0.15) is 25.7 Å². The molecule has 2 aliphatic rings. The first-order valence-electron chi connectivity index (χ1n) is 11.1. The molecule has 31 heavy (non-hydrogen) atoms. The van der Waals surface area contributed by atoms with Crippen molar-refractivity contribution < 1.29 is 28.5 Å². The van der Waals surface area contributed by atoms with Crippen LogP contribution in [-0.2, 0) is 23.7 Å². The summed E-state index contributed by atoms with van der Waals surface area (Å²) in [7, 11) is 0. The average Bonchev–Trinajstić information content (AvgIpc) is 3.30. The van der Waals surface area contributed by atoms with Crippen LogP contribution in [0.25, 0.3) is 0 Å². The summed E-state index contributed by atoms with van der Waals surface area (Å²) in [6, 6.07) is 0.447. The van der Waals surface area contributed by atoms with Crippen molar-refractivity contribution in [1.29, 1.82) is 0 Å². The Morgan fingerprint density at radius 2 is 1.71 bits per heavy atom. The number of hydrogen-bond acceptors (Lipinski definition) is 7. The summed E-state index contributed by atoms with van der Waals surface area (Å²) in [5, 5.41) is 9.27. The van der Waals surface area contributed by atoms with Gasteiger partial charge in [-0.05, 0) is 12.8 Å². The van der Waals surface area contributed by atoms with Gasteiger partial charge >= 0.3 is 6.03 Å². The summed E-state index contributed by atoms with van der Waals surface area (Å²) in [5.41, 5.74) is 0. The van der Waals surface area contributed by atoms with E-state index in [1.165, 1.54) is 0 Å². The van der Waals surface area contributed by atoms with Crippen molar-refractivity contribution in [2.75, 3.05) is 65.2 Å². The Morgan fingerprint density at radius 3 is 2.42 bits per heavy atom. The van der Waals surface area contributed by atoms with Gasteiger partial charge in [-0.2, -0.15) is 11.8 Å². The number of ether oxygens (including phenoxy) is 4. The van der Waals surface area contributed by atoms with E-state index in [4.69, 9.17) is 18.9 Å². The van der Waals surface area contributed by atoms with Crippen molar-refractivity contribution in [3.05, 3.63) is 12.7 Å². The minimum absolute atomic E-state index is 0.0523. The molecular weight excluding hydrogens is 422 g/mol. The second kappa shape index (κ2) is 16.3. The van der Waals surface area contributed by atoms with Crippen molar-refractivity contribution in [1.82, 2.24) is 16.0 Å². The molecule has 0 spiro atoms. The molecule has 0 unspecified atom stereocenters. The van der Waals surface area contributed by atoms with E-state index in [0.717, 1.165) is 25.0 Å². The van der Waals surface area contributed by atoms with Crippen LogP contribution in [0.3, 0.4) is 0 Å². The molecule has 0 radical (unpaired) electrons. The highest BCUT2D eigenvalue weighted by Crippen LogP contribution is 2.33. The van der Waals surface area contributed by atoms with E-state index in [-0.39, 0.29) is 24.0 Å². The van der Waals surface area contributed by atoms with Crippen molar-refractivity contribution in [3.8, 4) is 0 Å². The van der Waals surface area contributed by atoms with Gasteiger partial charge in [0.25, 0.3) is 0 Å². The molecule has 0 bridgehead atoms. The number of carbonyl (C=O) groups is 2. The highest BCUT2D eigenvalue weighted by molar-refractivity contribution is 8.00. The predicted octanol–water partition coefficient (Wildman–Crippen LogP) is 1.08. The molecule has 2 fully saturated rings. The van der Waals surface area contributed by atoms with E-state index in [9.17, 15) is 9.59 Å². The maximum atomic E-state index is 11.9. The smallest absolute Gasteiger partial charge is 0.315 e. The third kappa shape index (κ3) is 11.2. The number of hydrogen-bond donors (Lipinski definition) is 3. The van der Waals surface area contributed by atoms with Gasteiger partial charge < -0.3 is 34.9 Å². The minimum Gasteiger partial charge on any atom is -0.377 e. The van der Waals surface area contributed by atoms with Crippen LogP contribution in [0.15, 0.2) is 12.7 Å². The third-order valence-corrected chi connectivity index (χ3v) is 6.51. The molecule has 10 heteroatoms. The van der Waals surface area contributed by atoms with Gasteiger partial charge in [-0.25, -0.2) is 4.79 Å². The third-order valence-electron chi connectivity index (χ3n) is 5.00. The Labute approximate surface area is 189 Å². The van der Waals surface area contributed by atoms with Crippen LogP contribution in [0.2, 0.25) is 0 Å². The summed E-state index contributed by atoms with van der Waals surface area (Å²) >= 11 is 1.91. The predicted molar refractivity (Wildman–Crippen MR) is 120 cm³/mol. The molecule has 0 aliphatic carbocycles. The van der Waals surface area contributed by atoms with Gasteiger partial charge in [0.15, 0.2) is 0 Å². The molecule has 0 saturated carbocycles. The zero-order valence-corrected chi connectivity index (χ0v) is 19.1. The molecule has 3 atom stereocenters. The Kier molecular flexibility index (Phi) is 13.7. The van der Waals surface area contributed by atoms with Crippen LogP contribution in [0, 0.1) is 0 Å². The van der Waals surface area contributed by atoms with Crippen LogP contribution < -0.4 is 16.0 Å². The number of unbranched alkanes of at least 4 members (excludes halogenated alkanes) is 1. The lowest BCUT2D eigenvalue weighted by Crippen LogP contribution is -2.36. The Hall–Kier alpha value is -1.33. The summed E-state index contributed by atoms with van der Waals surface area (Å²) in [6.07, 6.45) is 5.11. The average molecular weight is 460 g/mol. The zero-order valence-electron chi connectivity index (χ0n) is 18.3. The normalized spacial score (nSPS) is 22.1. The molecule has 2 aliphatic heterocycles. The van der Waals surface area contributed by atoms with Gasteiger partial charge in [-0.15, -0.1) is 6.58 Å². The number of fused-ring (bicyclic) bond motifs is 1. The second-order valence-electron chi connectivity index (χ2n) is 7.42. The lowest BCUT2D eigenvalue weighted by molar-refractivity contribution is -0.121. The summed E-state index contributed by atoms with van der Waals surface area (Å²) in [6.45, 7) is 8.23. The van der Waals surface area contributed by atoms with Crippen molar-refractivity contribution in [2.45, 2.75) is 43.0 Å². The highest BCUT2D eigenvalue weighted by atomic mass is 32.2. The van der Waals surface area contributed by atoms with E-state index in [2.05, 4.69) is 22.5 Å². The summed E-state index contributed by atoms with van der Waals surface area (Å²) in [4.78, 5) is 23.3. The number of thioether (sulfide) groups is 1. The number of nitrogens with one attached hydrogen (secondary N) is 3. The largest absolute Gasteiger partial charge is 0.377 e. The monoisotopic (exact) mass is 459 g/mol. The highest BCUT2D eigenvalue weighted by Gasteiger charge is 2.42. The van der Waals surface area contributed by atoms with Gasteiger partial charge in [0.1, 0.15) is 0 Å². The molecule has 0 aromatic heterocycles. The first-order valence-corrected chi connectivity index (χ1v) is 12.1. The quantitative estimate of drug-likeness (QED) is 0.151. The van der Waals surface area contributed by atoms with Crippen molar-refractivity contribution in [3.63, 3.8) is 0 Å². The molecule has 3 amide bonds. The van der Waals surface area contributed by atoms with Gasteiger partial charge in [0, 0.05) is 24.0 Å². The molecule has 2 saturated heterocycles. The van der Waals surface area contributed by atoms with Gasteiger partial charge in [0.2, 0.25) is 5.91 Å². The molecule has 2 heterocycles. The van der Waals surface area contributed by atoms with E-state index < -0.39 is 0 Å². The minimum atomic E-state index is -0.0523. The van der Waals surface area contributed by atoms with Crippen molar-refractivity contribution in [2.24, 2.45) is 0 Å². The number of rotatable bonds is 19. The van der Waals surface area contributed by atoms with E-state index >= 15 is 0 Å². The second-order valence-corrected chi connectivity index (χ2v) is 8.69. The first kappa shape index (κ1) is 25.9. The molecule has 3 N–H and O–H groups in total. The fourth-order valence-electron chi connectivity index (χ4n) is 3.45. The molecule has 0 aromatic carbocycles. The Morgan fingerprint density at radius 1 is 1.03 bits per heavy atom. The number of amides is 3. The van der Waals surface area contributed by atoms with E-state index in [1.54, 1.807) is 6.08 Å². The van der Waals surface area contributed by atoms with Gasteiger partial charge in [-0.3, -0.25) is 4.79 Å². The number of carbonyl (C=O) groups excluding carboxylic acids is 2. The lowest BCUT2D eigenvalue weighted by Gasteiger charge is -2.16. The van der Waals surface area contributed by atoms with E-state index in [1.807, 2.05) is 11.8 Å². The first-order chi connectivity index (χ1) is 15.2. The van der Waals surface area contributed by atoms with Gasteiger partial charge in [-0.1, -0.05) is 12.5 Å². The molecule has 178 valence electrons. The molecule has 9 nitrogen and oxygen atoms in total. The maximum absolute atomic E-state index is 11.9. The van der Waals surface area contributed by atoms with Gasteiger partial charge in [0.05, 0.1) is 64.9 Å². The molecule has 0 aromatic rings. The van der Waals surface area contributed by atoms with Crippen molar-refractivity contribution >= 4 is 23.7 Å².